The van der Waals surface area contributed by atoms with E-state index in [1.165, 1.54) is 0 Å². The molecule has 0 saturated carbocycles. The van der Waals surface area contributed by atoms with Crippen LogP contribution < -0.4 is 11.1 Å². The molecule has 1 saturated heterocycles. The fourth-order valence-corrected chi connectivity index (χ4v) is 1.60. The molecule has 4 heteroatoms. The number of hydrogen-bond acceptors (Lipinski definition) is 2. The van der Waals surface area contributed by atoms with E-state index in [4.69, 9.17) is 5.73 Å². The summed E-state index contributed by atoms with van der Waals surface area (Å²) >= 11 is 0. The fraction of sp³-hybridized carbons (Fsp3) is 0.778. The standard InChI is InChI=1S/C9H16N2O2/c1-6(9(10)13)5-7-3-2-4-8(12)11-7/h6-7H,2-5H2,1H3,(H2,10,13)(H,11,12). The van der Waals surface area contributed by atoms with Crippen LogP contribution in [0.25, 0.3) is 0 Å². The summed E-state index contributed by atoms with van der Waals surface area (Å²) in [4.78, 5) is 21.8. The van der Waals surface area contributed by atoms with Crippen LogP contribution >= 0.6 is 0 Å². The Morgan fingerprint density at radius 1 is 1.77 bits per heavy atom. The summed E-state index contributed by atoms with van der Waals surface area (Å²) in [5.41, 5.74) is 5.14. The lowest BCUT2D eigenvalue weighted by Gasteiger charge is -2.24. The molecule has 1 aliphatic rings. The van der Waals surface area contributed by atoms with Gasteiger partial charge in [0.15, 0.2) is 0 Å². The molecule has 1 rings (SSSR count). The van der Waals surface area contributed by atoms with E-state index in [-0.39, 0.29) is 23.8 Å². The largest absolute Gasteiger partial charge is 0.369 e. The van der Waals surface area contributed by atoms with Gasteiger partial charge < -0.3 is 11.1 Å². The highest BCUT2D eigenvalue weighted by atomic mass is 16.2. The van der Waals surface area contributed by atoms with E-state index in [9.17, 15) is 9.59 Å². The van der Waals surface area contributed by atoms with E-state index in [1.54, 1.807) is 6.92 Å². The van der Waals surface area contributed by atoms with Gasteiger partial charge in [-0.05, 0) is 19.3 Å². The van der Waals surface area contributed by atoms with Crippen LogP contribution in [0, 0.1) is 5.92 Å². The summed E-state index contributed by atoms with van der Waals surface area (Å²) in [7, 11) is 0. The molecule has 74 valence electrons. The molecule has 0 aromatic heterocycles. The molecular weight excluding hydrogens is 168 g/mol. The number of primary amides is 1. The predicted octanol–water partition coefficient (Wildman–Crippen LogP) is 0.167. The zero-order valence-electron chi connectivity index (χ0n) is 7.88. The van der Waals surface area contributed by atoms with E-state index < -0.39 is 0 Å². The van der Waals surface area contributed by atoms with Crippen LogP contribution in [-0.2, 0) is 9.59 Å². The van der Waals surface area contributed by atoms with Crippen molar-refractivity contribution >= 4 is 11.8 Å². The highest BCUT2D eigenvalue weighted by Gasteiger charge is 2.21. The first-order valence-electron chi connectivity index (χ1n) is 4.68. The second kappa shape index (κ2) is 4.25. The number of piperidine rings is 1. The minimum Gasteiger partial charge on any atom is -0.369 e. The van der Waals surface area contributed by atoms with Crippen LogP contribution in [0.15, 0.2) is 0 Å². The number of amides is 2. The third-order valence-electron chi connectivity index (χ3n) is 2.45. The lowest BCUT2D eigenvalue weighted by Crippen LogP contribution is -2.41. The lowest BCUT2D eigenvalue weighted by atomic mass is 9.94. The minimum atomic E-state index is -0.292. The first-order chi connectivity index (χ1) is 6.09. The van der Waals surface area contributed by atoms with E-state index in [0.29, 0.717) is 12.8 Å². The Balaban J connectivity index is 2.35. The van der Waals surface area contributed by atoms with Gasteiger partial charge >= 0.3 is 0 Å². The third kappa shape index (κ3) is 3.05. The van der Waals surface area contributed by atoms with Gasteiger partial charge in [0, 0.05) is 18.4 Å². The zero-order chi connectivity index (χ0) is 9.84. The first kappa shape index (κ1) is 10.0. The van der Waals surface area contributed by atoms with Crippen LogP contribution in [0.5, 0.6) is 0 Å². The quantitative estimate of drug-likeness (QED) is 0.656. The molecule has 0 bridgehead atoms. The van der Waals surface area contributed by atoms with E-state index in [0.717, 1.165) is 12.8 Å². The number of nitrogens with two attached hydrogens (primary N) is 1. The summed E-state index contributed by atoms with van der Waals surface area (Å²) < 4.78 is 0. The van der Waals surface area contributed by atoms with Gasteiger partial charge in [-0.15, -0.1) is 0 Å². The van der Waals surface area contributed by atoms with Gasteiger partial charge in [-0.2, -0.15) is 0 Å². The van der Waals surface area contributed by atoms with Crippen molar-refractivity contribution in [1.29, 1.82) is 0 Å². The molecular formula is C9H16N2O2. The predicted molar refractivity (Wildman–Crippen MR) is 48.8 cm³/mol. The minimum absolute atomic E-state index is 0.0907. The smallest absolute Gasteiger partial charge is 0.220 e. The molecule has 0 aliphatic carbocycles. The molecule has 0 aromatic rings. The second-order valence-electron chi connectivity index (χ2n) is 3.70. The maximum absolute atomic E-state index is 11.0. The van der Waals surface area contributed by atoms with Gasteiger partial charge in [0.1, 0.15) is 0 Å². The summed E-state index contributed by atoms with van der Waals surface area (Å²) in [6, 6.07) is 0.142. The van der Waals surface area contributed by atoms with E-state index in [1.807, 2.05) is 0 Å². The third-order valence-corrected chi connectivity index (χ3v) is 2.45. The number of carbonyl (C=O) groups is 2. The van der Waals surface area contributed by atoms with Crippen molar-refractivity contribution < 1.29 is 9.59 Å². The molecule has 3 N–H and O–H groups in total. The van der Waals surface area contributed by atoms with Crippen molar-refractivity contribution in [3.05, 3.63) is 0 Å². The Kier molecular flexibility index (Phi) is 3.28. The zero-order valence-corrected chi connectivity index (χ0v) is 7.88. The fourth-order valence-electron chi connectivity index (χ4n) is 1.60. The van der Waals surface area contributed by atoms with Crippen LogP contribution in [0.2, 0.25) is 0 Å². The van der Waals surface area contributed by atoms with Crippen molar-refractivity contribution in [2.75, 3.05) is 0 Å². The molecule has 1 heterocycles. The molecule has 0 aromatic carbocycles. The summed E-state index contributed by atoms with van der Waals surface area (Å²) in [6.07, 6.45) is 3.16. The van der Waals surface area contributed by atoms with Gasteiger partial charge in [0.05, 0.1) is 0 Å². The Hall–Kier alpha value is -1.06. The van der Waals surface area contributed by atoms with Crippen LogP contribution in [0.3, 0.4) is 0 Å². The number of hydrogen-bond donors (Lipinski definition) is 2. The molecule has 1 aliphatic heterocycles. The Bertz CT molecular complexity index is 216. The first-order valence-corrected chi connectivity index (χ1v) is 4.68. The van der Waals surface area contributed by atoms with E-state index in [2.05, 4.69) is 5.32 Å². The van der Waals surface area contributed by atoms with Gasteiger partial charge in [-0.3, -0.25) is 9.59 Å². The summed E-state index contributed by atoms with van der Waals surface area (Å²) in [5.74, 6) is -0.351. The monoisotopic (exact) mass is 184 g/mol. The van der Waals surface area contributed by atoms with Crippen LogP contribution in [0.4, 0.5) is 0 Å². The number of carbonyl (C=O) groups excluding carboxylic acids is 2. The van der Waals surface area contributed by atoms with Crippen molar-refractivity contribution in [2.24, 2.45) is 11.7 Å². The van der Waals surface area contributed by atoms with Crippen molar-refractivity contribution in [1.82, 2.24) is 5.32 Å². The molecule has 0 radical (unpaired) electrons. The average molecular weight is 184 g/mol. The number of rotatable bonds is 3. The average Bonchev–Trinajstić information content (AvgIpc) is 2.04. The topological polar surface area (TPSA) is 72.2 Å². The molecule has 0 spiro atoms. The molecule has 1 fully saturated rings. The summed E-state index contributed by atoms with van der Waals surface area (Å²) in [5, 5.41) is 2.86. The highest BCUT2D eigenvalue weighted by molar-refractivity contribution is 5.78. The molecule has 4 nitrogen and oxygen atoms in total. The number of nitrogens with one attached hydrogen (secondary N) is 1. The molecule has 2 atom stereocenters. The molecule has 13 heavy (non-hydrogen) atoms. The van der Waals surface area contributed by atoms with Crippen molar-refractivity contribution in [3.8, 4) is 0 Å². The summed E-state index contributed by atoms with van der Waals surface area (Å²) in [6.45, 7) is 1.79. The van der Waals surface area contributed by atoms with Gasteiger partial charge in [0.25, 0.3) is 0 Å². The van der Waals surface area contributed by atoms with Crippen molar-refractivity contribution in [3.63, 3.8) is 0 Å². The maximum Gasteiger partial charge on any atom is 0.220 e. The lowest BCUT2D eigenvalue weighted by molar-refractivity contribution is -0.125. The van der Waals surface area contributed by atoms with Crippen molar-refractivity contribution in [2.45, 2.75) is 38.6 Å². The van der Waals surface area contributed by atoms with Gasteiger partial charge in [0.2, 0.25) is 11.8 Å². The second-order valence-corrected chi connectivity index (χ2v) is 3.70. The molecule has 2 amide bonds. The van der Waals surface area contributed by atoms with Crippen LogP contribution in [-0.4, -0.2) is 17.9 Å². The SMILES string of the molecule is CC(CC1CCCC(=O)N1)C(N)=O. The van der Waals surface area contributed by atoms with Crippen LogP contribution in [0.1, 0.15) is 32.6 Å². The highest BCUT2D eigenvalue weighted by Crippen LogP contribution is 2.15. The normalized spacial score (nSPS) is 25.0. The van der Waals surface area contributed by atoms with Gasteiger partial charge in [-0.25, -0.2) is 0 Å². The Morgan fingerprint density at radius 2 is 2.46 bits per heavy atom. The Morgan fingerprint density at radius 3 is 3.00 bits per heavy atom. The maximum atomic E-state index is 11.0. The molecule has 2 unspecified atom stereocenters. The van der Waals surface area contributed by atoms with Gasteiger partial charge in [-0.1, -0.05) is 6.92 Å². The Labute approximate surface area is 77.9 Å². The van der Waals surface area contributed by atoms with E-state index >= 15 is 0 Å².